The lowest BCUT2D eigenvalue weighted by Crippen LogP contribution is -2.39. The van der Waals surface area contributed by atoms with Crippen LogP contribution in [0.5, 0.6) is 0 Å². The minimum absolute atomic E-state index is 0. The van der Waals surface area contributed by atoms with Gasteiger partial charge in [-0.1, -0.05) is 0 Å². The summed E-state index contributed by atoms with van der Waals surface area (Å²) < 4.78 is 8.89. The number of aromatic nitrogens is 3. The Morgan fingerprint density at radius 1 is 1.37 bits per heavy atom. The molecule has 1 atom stereocenters. The summed E-state index contributed by atoms with van der Waals surface area (Å²) in [5.74, 6) is 2.77. The van der Waals surface area contributed by atoms with Crippen LogP contribution in [0.1, 0.15) is 50.5 Å². The van der Waals surface area contributed by atoms with E-state index in [0.29, 0.717) is 31.4 Å². The molecule has 168 valence electrons. The van der Waals surface area contributed by atoms with Crippen molar-refractivity contribution < 1.29 is 9.52 Å². The van der Waals surface area contributed by atoms with E-state index in [1.54, 1.807) is 22.2 Å². The molecule has 0 spiro atoms. The predicted molar refractivity (Wildman–Crippen MR) is 126 cm³/mol. The molecule has 0 saturated carbocycles. The van der Waals surface area contributed by atoms with Crippen LogP contribution in [0, 0.1) is 6.92 Å². The number of aliphatic hydroxyl groups is 1. The van der Waals surface area contributed by atoms with Crippen molar-refractivity contribution in [3.05, 3.63) is 40.0 Å². The Morgan fingerprint density at radius 2 is 2.17 bits per heavy atom. The predicted octanol–water partition coefficient (Wildman–Crippen LogP) is 1.75. The molecule has 0 bridgehead atoms. The van der Waals surface area contributed by atoms with E-state index in [4.69, 9.17) is 4.42 Å². The van der Waals surface area contributed by atoms with Gasteiger partial charge in [0, 0.05) is 32.6 Å². The van der Waals surface area contributed by atoms with Crippen LogP contribution in [0.15, 0.2) is 26.3 Å². The normalized spacial score (nSPS) is 15.8. The highest BCUT2D eigenvalue weighted by Gasteiger charge is 2.26. The summed E-state index contributed by atoms with van der Waals surface area (Å²) in [7, 11) is 0. The van der Waals surface area contributed by atoms with Gasteiger partial charge in [0.1, 0.15) is 22.9 Å². The first-order valence-corrected chi connectivity index (χ1v) is 10.4. The van der Waals surface area contributed by atoms with Gasteiger partial charge >= 0.3 is 5.69 Å². The highest BCUT2D eigenvalue weighted by atomic mass is 127. The van der Waals surface area contributed by atoms with Crippen LogP contribution in [-0.4, -0.2) is 45.0 Å². The number of nitrogens with one attached hydrogen (secondary N) is 2. The van der Waals surface area contributed by atoms with Crippen LogP contribution in [-0.2, 0) is 25.1 Å². The molecule has 2 aromatic rings. The summed E-state index contributed by atoms with van der Waals surface area (Å²) in [6, 6.07) is 3.60. The number of rotatable bonds is 8. The number of fused-ring (bicyclic) bond motifs is 1. The lowest BCUT2D eigenvalue weighted by atomic mass is 10.0. The van der Waals surface area contributed by atoms with Crippen LogP contribution in [0.4, 0.5) is 0 Å². The van der Waals surface area contributed by atoms with E-state index in [2.05, 4.69) is 20.7 Å². The molecule has 0 radical (unpaired) electrons. The van der Waals surface area contributed by atoms with E-state index in [-0.39, 0.29) is 36.2 Å². The van der Waals surface area contributed by atoms with E-state index in [1.165, 1.54) is 0 Å². The Kier molecular flexibility index (Phi) is 8.95. The van der Waals surface area contributed by atoms with Gasteiger partial charge in [-0.05, 0) is 52.2 Å². The van der Waals surface area contributed by atoms with Gasteiger partial charge in [-0.25, -0.2) is 14.5 Å². The fraction of sp³-hybridized carbons (Fsp3) is 0.650. The highest BCUT2D eigenvalue weighted by Crippen LogP contribution is 2.23. The summed E-state index contributed by atoms with van der Waals surface area (Å²) in [6.45, 7) is 8.38. The summed E-state index contributed by atoms with van der Waals surface area (Å²) in [4.78, 5) is 16.8. The molecule has 0 saturated heterocycles. The van der Waals surface area contributed by atoms with Crippen LogP contribution in [0.3, 0.4) is 0 Å². The zero-order valence-electron chi connectivity index (χ0n) is 18.0. The molecule has 0 aliphatic carbocycles. The zero-order valence-corrected chi connectivity index (χ0v) is 20.3. The topological polar surface area (TPSA) is 110 Å². The van der Waals surface area contributed by atoms with Crippen molar-refractivity contribution in [3.63, 3.8) is 0 Å². The van der Waals surface area contributed by atoms with E-state index < -0.39 is 5.60 Å². The van der Waals surface area contributed by atoms with Crippen molar-refractivity contribution >= 4 is 29.9 Å². The molecule has 0 fully saturated rings. The SMILES string of the molecule is CCNC(=NCC(C)(O)c1ccc(C)o1)NCCCn1nc2n(c1=O)CCCC2.I. The van der Waals surface area contributed by atoms with Crippen LogP contribution < -0.4 is 16.3 Å². The lowest BCUT2D eigenvalue weighted by molar-refractivity contribution is 0.0428. The van der Waals surface area contributed by atoms with E-state index in [9.17, 15) is 9.90 Å². The van der Waals surface area contributed by atoms with Gasteiger partial charge in [-0.15, -0.1) is 24.0 Å². The van der Waals surface area contributed by atoms with Gasteiger partial charge in [-0.2, -0.15) is 5.10 Å². The number of aliphatic imine (C=N–C) groups is 1. The minimum Gasteiger partial charge on any atom is -0.463 e. The molecule has 1 aliphatic heterocycles. The van der Waals surface area contributed by atoms with E-state index >= 15 is 0 Å². The lowest BCUT2D eigenvalue weighted by Gasteiger charge is -2.19. The standard InChI is InChI=1S/C20H32N6O3.HI/c1-4-21-18(23-14-20(3,28)16-10-9-15(2)29-16)22-11-7-13-26-19(27)25-12-6-5-8-17(25)24-26;/h9-10,28H,4-8,11-14H2,1-3H3,(H2,21,22,23);1H. The third-order valence-electron chi connectivity index (χ3n) is 5.03. The second-order valence-corrected chi connectivity index (χ2v) is 7.69. The molecule has 1 aliphatic rings. The Balaban J connectivity index is 0.00000320. The number of aryl methyl sites for hydroxylation is 3. The number of guanidine groups is 1. The number of furan rings is 1. The smallest absolute Gasteiger partial charge is 0.345 e. The number of hydrogen-bond acceptors (Lipinski definition) is 5. The summed E-state index contributed by atoms with van der Waals surface area (Å²) in [5, 5.41) is 21.5. The number of halogens is 1. The van der Waals surface area contributed by atoms with Crippen molar-refractivity contribution in [3.8, 4) is 0 Å². The van der Waals surface area contributed by atoms with Crippen LogP contribution in [0.25, 0.3) is 0 Å². The first kappa shape index (κ1) is 24.4. The molecule has 9 nitrogen and oxygen atoms in total. The van der Waals surface area contributed by atoms with Crippen molar-refractivity contribution in [1.82, 2.24) is 25.0 Å². The van der Waals surface area contributed by atoms with Gasteiger partial charge in [0.05, 0.1) is 6.54 Å². The average Bonchev–Trinajstić information content (AvgIpc) is 3.28. The summed E-state index contributed by atoms with van der Waals surface area (Å²) in [6.07, 6.45) is 3.77. The molecular weight excluding hydrogens is 499 g/mol. The molecule has 10 heteroatoms. The number of nitrogens with zero attached hydrogens (tertiary/aromatic N) is 4. The Bertz CT molecular complexity index is 899. The van der Waals surface area contributed by atoms with Crippen LogP contribution >= 0.6 is 24.0 Å². The Morgan fingerprint density at radius 3 is 2.83 bits per heavy atom. The van der Waals surface area contributed by atoms with Crippen molar-refractivity contribution in [1.29, 1.82) is 0 Å². The van der Waals surface area contributed by atoms with E-state index in [1.807, 2.05) is 19.9 Å². The third-order valence-corrected chi connectivity index (χ3v) is 5.03. The molecule has 0 aromatic carbocycles. The molecular formula is C20H33IN6O3. The largest absolute Gasteiger partial charge is 0.463 e. The molecule has 30 heavy (non-hydrogen) atoms. The first-order chi connectivity index (χ1) is 13.9. The highest BCUT2D eigenvalue weighted by molar-refractivity contribution is 14.0. The second kappa shape index (κ2) is 11.0. The number of hydrogen-bond donors (Lipinski definition) is 3. The zero-order chi connectivity index (χ0) is 20.9. The molecule has 3 heterocycles. The maximum absolute atomic E-state index is 12.4. The first-order valence-electron chi connectivity index (χ1n) is 10.4. The minimum atomic E-state index is -1.18. The van der Waals surface area contributed by atoms with Gasteiger partial charge < -0.3 is 20.2 Å². The Labute approximate surface area is 194 Å². The Hall–Kier alpha value is -1.82. The second-order valence-electron chi connectivity index (χ2n) is 7.69. The van der Waals surface area contributed by atoms with Gasteiger partial charge in [0.2, 0.25) is 0 Å². The molecule has 2 aromatic heterocycles. The molecule has 0 amide bonds. The fourth-order valence-corrected chi connectivity index (χ4v) is 3.41. The van der Waals surface area contributed by atoms with E-state index in [0.717, 1.165) is 43.8 Å². The molecule has 3 rings (SSSR count). The van der Waals surface area contributed by atoms with Crippen molar-refractivity contribution in [2.45, 2.75) is 65.1 Å². The van der Waals surface area contributed by atoms with Gasteiger partial charge in [0.15, 0.2) is 5.96 Å². The van der Waals surface area contributed by atoms with Gasteiger partial charge in [-0.3, -0.25) is 4.57 Å². The van der Waals surface area contributed by atoms with Gasteiger partial charge in [0.25, 0.3) is 0 Å². The summed E-state index contributed by atoms with van der Waals surface area (Å²) in [5.41, 5.74) is -1.19. The van der Waals surface area contributed by atoms with Crippen LogP contribution in [0.2, 0.25) is 0 Å². The maximum atomic E-state index is 12.4. The molecule has 3 N–H and O–H groups in total. The molecule has 1 unspecified atom stereocenters. The quantitative estimate of drug-likeness (QED) is 0.207. The fourth-order valence-electron chi connectivity index (χ4n) is 3.41. The van der Waals surface area contributed by atoms with Crippen molar-refractivity contribution in [2.24, 2.45) is 4.99 Å². The monoisotopic (exact) mass is 532 g/mol. The average molecular weight is 532 g/mol. The maximum Gasteiger partial charge on any atom is 0.345 e. The summed E-state index contributed by atoms with van der Waals surface area (Å²) >= 11 is 0. The van der Waals surface area contributed by atoms with Crippen molar-refractivity contribution in [2.75, 3.05) is 19.6 Å². The third kappa shape index (κ3) is 6.10.